The molecule has 0 amide bonds. The van der Waals surface area contributed by atoms with E-state index in [-0.39, 0.29) is 5.97 Å². The first kappa shape index (κ1) is 17.2. The van der Waals surface area contributed by atoms with Crippen molar-refractivity contribution in [2.75, 3.05) is 6.61 Å². The highest BCUT2D eigenvalue weighted by Gasteiger charge is 2.14. The van der Waals surface area contributed by atoms with Crippen LogP contribution in [0.5, 0.6) is 0 Å². The predicted octanol–water partition coefficient (Wildman–Crippen LogP) is 4.74. The third-order valence-electron chi connectivity index (χ3n) is 3.56. The summed E-state index contributed by atoms with van der Waals surface area (Å²) in [4.78, 5) is 11.3. The van der Waals surface area contributed by atoms with Crippen molar-refractivity contribution < 1.29 is 9.53 Å². The summed E-state index contributed by atoms with van der Waals surface area (Å²) in [7, 11) is 0. The van der Waals surface area contributed by atoms with Gasteiger partial charge in [-0.05, 0) is 18.8 Å². The van der Waals surface area contributed by atoms with Gasteiger partial charge in [0.1, 0.15) is 0 Å². The van der Waals surface area contributed by atoms with Gasteiger partial charge in [0.25, 0.3) is 0 Å². The number of rotatable bonds is 10. The van der Waals surface area contributed by atoms with Gasteiger partial charge in [0.05, 0.1) is 6.61 Å². The molecule has 0 fully saturated rings. The molecular formula is C16H30O2. The summed E-state index contributed by atoms with van der Waals surface area (Å²) >= 11 is 0. The molecule has 0 aliphatic carbocycles. The van der Waals surface area contributed by atoms with Crippen LogP contribution in [0.1, 0.15) is 66.2 Å². The Kier molecular flexibility index (Phi) is 9.72. The normalized spacial score (nSPS) is 14.0. The van der Waals surface area contributed by atoms with E-state index in [0.29, 0.717) is 24.0 Å². The minimum atomic E-state index is -0.267. The molecule has 0 aromatic rings. The molecule has 0 heterocycles. The van der Waals surface area contributed by atoms with Crippen molar-refractivity contribution >= 4 is 5.97 Å². The van der Waals surface area contributed by atoms with Crippen LogP contribution in [-0.2, 0) is 9.53 Å². The molecule has 2 atom stereocenters. The lowest BCUT2D eigenvalue weighted by Crippen LogP contribution is -2.18. The summed E-state index contributed by atoms with van der Waals surface area (Å²) in [6.07, 6.45) is 7.84. The third-order valence-corrected chi connectivity index (χ3v) is 3.56. The van der Waals surface area contributed by atoms with E-state index in [9.17, 15) is 4.79 Å². The Labute approximate surface area is 113 Å². The summed E-state index contributed by atoms with van der Waals surface area (Å²) in [5.41, 5.74) is 0.481. The number of ether oxygens (including phenoxy) is 1. The molecule has 0 saturated heterocycles. The molecular weight excluding hydrogens is 224 g/mol. The minimum absolute atomic E-state index is 0.267. The smallest absolute Gasteiger partial charge is 0.333 e. The molecule has 0 radical (unpaired) electrons. The number of hydrogen-bond donors (Lipinski definition) is 0. The molecule has 0 bridgehead atoms. The molecule has 0 rings (SSSR count). The monoisotopic (exact) mass is 254 g/mol. The Hall–Kier alpha value is -0.790. The van der Waals surface area contributed by atoms with Gasteiger partial charge in [-0.1, -0.05) is 65.9 Å². The molecule has 0 saturated carbocycles. The van der Waals surface area contributed by atoms with Crippen molar-refractivity contribution in [1.29, 1.82) is 0 Å². The molecule has 106 valence electrons. The second-order valence-corrected chi connectivity index (χ2v) is 5.54. The number of esters is 1. The summed E-state index contributed by atoms with van der Waals surface area (Å²) in [5, 5.41) is 0. The van der Waals surface area contributed by atoms with E-state index >= 15 is 0 Å². The number of hydrogen-bond acceptors (Lipinski definition) is 2. The molecule has 0 N–H and O–H groups in total. The van der Waals surface area contributed by atoms with E-state index in [1.807, 2.05) is 0 Å². The Balaban J connectivity index is 3.66. The average molecular weight is 254 g/mol. The minimum Gasteiger partial charge on any atom is -0.462 e. The first-order valence-electron chi connectivity index (χ1n) is 7.31. The van der Waals surface area contributed by atoms with Crippen LogP contribution in [0.2, 0.25) is 0 Å². The number of carbonyl (C=O) groups excluding carboxylic acids is 1. The van der Waals surface area contributed by atoms with Gasteiger partial charge in [-0.25, -0.2) is 4.79 Å². The van der Waals surface area contributed by atoms with Gasteiger partial charge in [0.2, 0.25) is 0 Å². The molecule has 2 heteroatoms. The van der Waals surface area contributed by atoms with Gasteiger partial charge in [-0.2, -0.15) is 0 Å². The highest BCUT2D eigenvalue weighted by molar-refractivity contribution is 5.86. The highest BCUT2D eigenvalue weighted by Crippen LogP contribution is 2.19. The van der Waals surface area contributed by atoms with Crippen LogP contribution < -0.4 is 0 Å². The van der Waals surface area contributed by atoms with Crippen LogP contribution in [0.15, 0.2) is 12.2 Å². The van der Waals surface area contributed by atoms with Gasteiger partial charge in [0, 0.05) is 5.57 Å². The first-order chi connectivity index (χ1) is 8.49. The zero-order chi connectivity index (χ0) is 14.0. The molecule has 0 aromatic carbocycles. The second-order valence-electron chi connectivity index (χ2n) is 5.54. The third kappa shape index (κ3) is 8.32. The quantitative estimate of drug-likeness (QED) is 0.320. The SMILES string of the molecule is C=C(C)C(=O)OCC(C)C(C)CCCCCCC. The van der Waals surface area contributed by atoms with Crippen LogP contribution in [0.25, 0.3) is 0 Å². The zero-order valence-corrected chi connectivity index (χ0v) is 12.6. The number of carbonyl (C=O) groups is 1. The van der Waals surface area contributed by atoms with E-state index in [1.54, 1.807) is 6.92 Å². The maximum Gasteiger partial charge on any atom is 0.333 e. The number of unbranched alkanes of at least 4 members (excludes halogenated alkanes) is 4. The lowest BCUT2D eigenvalue weighted by molar-refractivity contribution is -0.140. The molecule has 2 nitrogen and oxygen atoms in total. The molecule has 0 aromatic heterocycles. The van der Waals surface area contributed by atoms with E-state index in [0.717, 1.165) is 0 Å². The summed E-state index contributed by atoms with van der Waals surface area (Å²) < 4.78 is 5.19. The Morgan fingerprint density at radius 1 is 1.11 bits per heavy atom. The van der Waals surface area contributed by atoms with Crippen LogP contribution in [0, 0.1) is 11.8 Å². The van der Waals surface area contributed by atoms with Crippen LogP contribution in [-0.4, -0.2) is 12.6 Å². The van der Waals surface area contributed by atoms with Crippen molar-refractivity contribution in [2.24, 2.45) is 11.8 Å². The Morgan fingerprint density at radius 2 is 1.72 bits per heavy atom. The van der Waals surface area contributed by atoms with Crippen molar-refractivity contribution in [3.8, 4) is 0 Å². The maximum absolute atomic E-state index is 11.3. The summed E-state index contributed by atoms with van der Waals surface area (Å²) in [5.74, 6) is 0.779. The molecule has 2 unspecified atom stereocenters. The molecule has 18 heavy (non-hydrogen) atoms. The molecule has 0 aliphatic rings. The van der Waals surface area contributed by atoms with Gasteiger partial charge >= 0.3 is 5.97 Å². The van der Waals surface area contributed by atoms with Crippen molar-refractivity contribution in [2.45, 2.75) is 66.2 Å². The van der Waals surface area contributed by atoms with Crippen LogP contribution in [0.3, 0.4) is 0 Å². The van der Waals surface area contributed by atoms with Gasteiger partial charge < -0.3 is 4.74 Å². The standard InChI is InChI=1S/C16H30O2/c1-6-7-8-9-10-11-14(4)15(5)12-18-16(17)13(2)3/h14-15H,2,6-12H2,1,3-5H3. The average Bonchev–Trinajstić information content (AvgIpc) is 2.34. The second kappa shape index (κ2) is 10.2. The van der Waals surface area contributed by atoms with Gasteiger partial charge in [-0.15, -0.1) is 0 Å². The largest absolute Gasteiger partial charge is 0.462 e. The fourth-order valence-electron chi connectivity index (χ4n) is 1.85. The topological polar surface area (TPSA) is 26.3 Å². The maximum atomic E-state index is 11.3. The van der Waals surface area contributed by atoms with Gasteiger partial charge in [0.15, 0.2) is 0 Å². The van der Waals surface area contributed by atoms with Crippen molar-refractivity contribution in [3.05, 3.63) is 12.2 Å². The van der Waals surface area contributed by atoms with E-state index in [2.05, 4.69) is 27.4 Å². The fourth-order valence-corrected chi connectivity index (χ4v) is 1.85. The van der Waals surface area contributed by atoms with E-state index in [4.69, 9.17) is 4.74 Å². The Bertz CT molecular complexity index is 245. The van der Waals surface area contributed by atoms with E-state index in [1.165, 1.54) is 38.5 Å². The lowest BCUT2D eigenvalue weighted by Gasteiger charge is -2.19. The highest BCUT2D eigenvalue weighted by atomic mass is 16.5. The molecule has 0 spiro atoms. The Morgan fingerprint density at radius 3 is 2.28 bits per heavy atom. The van der Waals surface area contributed by atoms with Crippen molar-refractivity contribution in [3.63, 3.8) is 0 Å². The van der Waals surface area contributed by atoms with Gasteiger partial charge in [-0.3, -0.25) is 0 Å². The summed E-state index contributed by atoms with van der Waals surface area (Å²) in [6.45, 7) is 12.4. The summed E-state index contributed by atoms with van der Waals surface area (Å²) in [6, 6.07) is 0. The first-order valence-corrected chi connectivity index (χ1v) is 7.31. The zero-order valence-electron chi connectivity index (χ0n) is 12.6. The lowest BCUT2D eigenvalue weighted by atomic mass is 9.91. The van der Waals surface area contributed by atoms with E-state index < -0.39 is 0 Å². The van der Waals surface area contributed by atoms with Crippen LogP contribution >= 0.6 is 0 Å². The predicted molar refractivity (Wildman–Crippen MR) is 77.5 cm³/mol. The fraction of sp³-hybridized carbons (Fsp3) is 0.812. The molecule has 0 aliphatic heterocycles. The van der Waals surface area contributed by atoms with Crippen molar-refractivity contribution in [1.82, 2.24) is 0 Å². The van der Waals surface area contributed by atoms with Crippen LogP contribution in [0.4, 0.5) is 0 Å².